The summed E-state index contributed by atoms with van der Waals surface area (Å²) in [5.74, 6) is -0.120. The van der Waals surface area contributed by atoms with Gasteiger partial charge in [0, 0.05) is 16.5 Å². The maximum atomic E-state index is 12.0. The zero-order valence-corrected chi connectivity index (χ0v) is 16.9. The van der Waals surface area contributed by atoms with E-state index in [2.05, 4.69) is 10.1 Å². The summed E-state index contributed by atoms with van der Waals surface area (Å²) >= 11 is 0. The molecule has 1 N–H and O–H groups in total. The highest BCUT2D eigenvalue weighted by atomic mass is 33.1. The number of amides is 1. The number of ether oxygens (including phenoxy) is 3. The summed E-state index contributed by atoms with van der Waals surface area (Å²) in [5, 5.41) is 2.18. The Morgan fingerprint density at radius 3 is 2.00 bits per heavy atom. The zero-order valence-electron chi connectivity index (χ0n) is 15.3. The van der Waals surface area contributed by atoms with Gasteiger partial charge in [0.15, 0.2) is 0 Å². The molecule has 0 aromatic heterocycles. The van der Waals surface area contributed by atoms with Crippen LogP contribution in [0.5, 0.6) is 0 Å². The van der Waals surface area contributed by atoms with Crippen LogP contribution < -0.4 is 5.32 Å². The SMILES string of the molecule is COC(=O)SSC[C@H](CC(=O)OC(C)(C)C)NC(=O)OC(C)(C)C. The third kappa shape index (κ3) is 13.4. The molecule has 1 atom stereocenters. The third-order valence-corrected chi connectivity index (χ3v) is 4.25. The minimum atomic E-state index is -0.644. The third-order valence-electron chi connectivity index (χ3n) is 2.12. The Hall–Kier alpha value is -1.09. The molecule has 0 spiro atoms. The number of methoxy groups -OCH3 is 1. The van der Waals surface area contributed by atoms with Crippen LogP contribution in [-0.2, 0) is 19.0 Å². The first kappa shape index (κ1) is 22.9. The van der Waals surface area contributed by atoms with E-state index in [1.165, 1.54) is 17.9 Å². The smallest absolute Gasteiger partial charge is 0.407 e. The summed E-state index contributed by atoms with van der Waals surface area (Å²) < 4.78 is 15.0. The summed E-state index contributed by atoms with van der Waals surface area (Å²) in [7, 11) is 3.36. The molecule has 24 heavy (non-hydrogen) atoms. The molecule has 0 fully saturated rings. The zero-order chi connectivity index (χ0) is 19.0. The monoisotopic (exact) mass is 381 g/mol. The minimum Gasteiger partial charge on any atom is -0.460 e. The second-order valence-corrected chi connectivity index (χ2v) is 9.23. The molecule has 0 unspecified atom stereocenters. The van der Waals surface area contributed by atoms with E-state index in [0.717, 1.165) is 10.8 Å². The number of hydrogen-bond acceptors (Lipinski definition) is 8. The number of nitrogens with one attached hydrogen (secondary N) is 1. The molecule has 0 aromatic rings. The van der Waals surface area contributed by atoms with E-state index in [0.29, 0.717) is 5.75 Å². The van der Waals surface area contributed by atoms with E-state index in [9.17, 15) is 14.4 Å². The molecule has 0 radical (unpaired) electrons. The van der Waals surface area contributed by atoms with Crippen molar-refractivity contribution in [2.24, 2.45) is 0 Å². The van der Waals surface area contributed by atoms with Crippen LogP contribution in [0.15, 0.2) is 0 Å². The summed E-state index contributed by atoms with van der Waals surface area (Å²) in [6.07, 6.45) is -0.648. The van der Waals surface area contributed by atoms with Crippen LogP contribution in [0.2, 0.25) is 0 Å². The minimum absolute atomic E-state index is 0.0226. The maximum absolute atomic E-state index is 12.0. The van der Waals surface area contributed by atoms with Gasteiger partial charge in [-0.2, -0.15) is 0 Å². The Morgan fingerprint density at radius 2 is 1.54 bits per heavy atom. The second kappa shape index (κ2) is 10.0. The van der Waals surface area contributed by atoms with Crippen LogP contribution in [0.1, 0.15) is 48.0 Å². The van der Waals surface area contributed by atoms with Crippen LogP contribution in [0.4, 0.5) is 9.59 Å². The van der Waals surface area contributed by atoms with Crippen molar-refractivity contribution in [1.82, 2.24) is 5.32 Å². The highest BCUT2D eigenvalue weighted by molar-refractivity contribution is 8.82. The fourth-order valence-electron chi connectivity index (χ4n) is 1.41. The van der Waals surface area contributed by atoms with Gasteiger partial charge in [0.2, 0.25) is 0 Å². The number of alkyl carbamates (subject to hydrolysis) is 1. The van der Waals surface area contributed by atoms with Crippen LogP contribution in [0, 0.1) is 0 Å². The van der Waals surface area contributed by atoms with E-state index in [1.807, 2.05) is 0 Å². The van der Waals surface area contributed by atoms with Crippen LogP contribution in [-0.4, -0.2) is 47.5 Å². The summed E-state index contributed by atoms with van der Waals surface area (Å²) in [6, 6.07) is -0.531. The Morgan fingerprint density at radius 1 is 1.00 bits per heavy atom. The van der Waals surface area contributed by atoms with Gasteiger partial charge in [-0.05, 0) is 41.5 Å². The predicted octanol–water partition coefficient (Wildman–Crippen LogP) is 3.76. The van der Waals surface area contributed by atoms with Gasteiger partial charge in [-0.3, -0.25) is 4.79 Å². The summed E-state index contributed by atoms with van der Waals surface area (Å²) in [6.45, 7) is 10.5. The average Bonchev–Trinajstić information content (AvgIpc) is 2.33. The maximum Gasteiger partial charge on any atom is 0.407 e. The van der Waals surface area contributed by atoms with Crippen LogP contribution in [0.25, 0.3) is 0 Å². The van der Waals surface area contributed by atoms with Gasteiger partial charge < -0.3 is 19.5 Å². The van der Waals surface area contributed by atoms with Gasteiger partial charge >= 0.3 is 17.4 Å². The van der Waals surface area contributed by atoms with Gasteiger partial charge in [-0.15, -0.1) is 0 Å². The van der Waals surface area contributed by atoms with E-state index in [-0.39, 0.29) is 6.42 Å². The summed E-state index contributed by atoms with van der Waals surface area (Å²) in [5.41, 5.74) is -1.25. The van der Waals surface area contributed by atoms with Crippen molar-refractivity contribution < 1.29 is 28.6 Å². The molecule has 0 bridgehead atoms. The van der Waals surface area contributed by atoms with E-state index >= 15 is 0 Å². The molecule has 0 aliphatic rings. The molecule has 0 heterocycles. The first-order valence-electron chi connectivity index (χ1n) is 7.41. The number of rotatable bonds is 6. The second-order valence-electron chi connectivity index (χ2n) is 6.96. The highest BCUT2D eigenvalue weighted by Crippen LogP contribution is 2.25. The number of carbonyl (C=O) groups is 3. The Kier molecular flexibility index (Phi) is 9.57. The van der Waals surface area contributed by atoms with E-state index in [4.69, 9.17) is 9.47 Å². The molecule has 9 heteroatoms. The van der Waals surface area contributed by atoms with Gasteiger partial charge in [0.25, 0.3) is 0 Å². The number of esters is 1. The first-order chi connectivity index (χ1) is 10.8. The molecule has 0 saturated carbocycles. The Balaban J connectivity index is 4.67. The first-order valence-corrected chi connectivity index (χ1v) is 9.73. The lowest BCUT2D eigenvalue weighted by Gasteiger charge is -2.24. The quantitative estimate of drug-likeness (QED) is 0.422. The normalized spacial score (nSPS) is 13.0. The van der Waals surface area contributed by atoms with Gasteiger partial charge in [-0.25, -0.2) is 9.59 Å². The molecule has 0 saturated heterocycles. The molecule has 0 aliphatic carbocycles. The fourth-order valence-corrected chi connectivity index (χ4v) is 3.20. The lowest BCUT2D eigenvalue weighted by atomic mass is 10.2. The van der Waals surface area contributed by atoms with Gasteiger partial charge in [0.05, 0.1) is 19.6 Å². The Labute approximate surface area is 151 Å². The number of hydrogen-bond donors (Lipinski definition) is 1. The number of carbonyl (C=O) groups excluding carboxylic acids is 3. The van der Waals surface area contributed by atoms with Crippen molar-refractivity contribution in [2.75, 3.05) is 12.9 Å². The lowest BCUT2D eigenvalue weighted by molar-refractivity contribution is -0.155. The lowest BCUT2D eigenvalue weighted by Crippen LogP contribution is -2.42. The van der Waals surface area contributed by atoms with E-state index in [1.54, 1.807) is 41.5 Å². The molecule has 0 aromatic carbocycles. The van der Waals surface area contributed by atoms with E-state index < -0.39 is 34.6 Å². The van der Waals surface area contributed by atoms with Crippen LogP contribution >= 0.6 is 21.6 Å². The fraction of sp³-hybridized carbons (Fsp3) is 0.800. The van der Waals surface area contributed by atoms with Gasteiger partial charge in [0.1, 0.15) is 11.2 Å². The van der Waals surface area contributed by atoms with Gasteiger partial charge in [-0.1, -0.05) is 10.8 Å². The standard InChI is InChI=1S/C15H27NO6S2/c1-14(2,3)21-11(17)8-10(9-23-24-13(19)20-7)16-12(18)22-15(4,5)6/h10H,8-9H2,1-7H3,(H,16,18)/t10-/m0/s1. The van der Waals surface area contributed by atoms with Crippen molar-refractivity contribution >= 4 is 39.0 Å². The molecule has 140 valence electrons. The summed E-state index contributed by atoms with van der Waals surface area (Å²) in [4.78, 5) is 35.0. The van der Waals surface area contributed by atoms with Crippen LogP contribution in [0.3, 0.4) is 0 Å². The topological polar surface area (TPSA) is 90.9 Å². The molecule has 0 aliphatic heterocycles. The van der Waals surface area contributed by atoms with Crippen molar-refractivity contribution in [3.63, 3.8) is 0 Å². The molecular weight excluding hydrogens is 354 g/mol. The molecule has 7 nitrogen and oxygen atoms in total. The van der Waals surface area contributed by atoms with Crippen molar-refractivity contribution in [2.45, 2.75) is 65.2 Å². The highest BCUT2D eigenvalue weighted by Gasteiger charge is 2.24. The predicted molar refractivity (Wildman–Crippen MR) is 96.1 cm³/mol. The van der Waals surface area contributed by atoms with Crippen molar-refractivity contribution in [1.29, 1.82) is 0 Å². The average molecular weight is 382 g/mol. The largest absolute Gasteiger partial charge is 0.460 e. The van der Waals surface area contributed by atoms with Crippen molar-refractivity contribution in [3.8, 4) is 0 Å². The molecule has 0 rings (SSSR count). The molecule has 1 amide bonds. The molecular formula is C15H27NO6S2. The Bertz CT molecular complexity index is 412. The van der Waals surface area contributed by atoms with Crippen molar-refractivity contribution in [3.05, 3.63) is 0 Å².